The second-order valence-corrected chi connectivity index (χ2v) is 10.9. The largest absolute Gasteiger partial charge is 0.346 e. The molecule has 0 bridgehead atoms. The quantitative estimate of drug-likeness (QED) is 0.103. The first-order chi connectivity index (χ1) is 18.2. The van der Waals surface area contributed by atoms with Crippen LogP contribution in [0.25, 0.3) is 16.6 Å². The zero-order valence-electron chi connectivity index (χ0n) is 21.9. The van der Waals surface area contributed by atoms with E-state index in [1.807, 2.05) is 31.4 Å². The molecule has 2 fully saturated rings. The summed E-state index contributed by atoms with van der Waals surface area (Å²) < 4.78 is 0. The third-order valence-corrected chi connectivity index (χ3v) is 8.31. The second-order valence-electron chi connectivity index (χ2n) is 9.80. The van der Waals surface area contributed by atoms with Crippen LogP contribution in [0.4, 0.5) is 5.82 Å². The Morgan fingerprint density at radius 1 is 1.27 bits per heavy atom. The number of aromatic nitrogens is 2. The van der Waals surface area contributed by atoms with Gasteiger partial charge in [0.05, 0.1) is 29.2 Å². The van der Waals surface area contributed by atoms with Crippen LogP contribution in [0.5, 0.6) is 0 Å². The molecule has 0 radical (unpaired) electrons. The highest BCUT2D eigenvalue weighted by molar-refractivity contribution is 8.14. The van der Waals surface area contributed by atoms with Crippen LogP contribution in [-0.4, -0.2) is 84.5 Å². The zero-order chi connectivity index (χ0) is 25.9. The molecule has 1 unspecified atom stereocenters. The summed E-state index contributed by atoms with van der Waals surface area (Å²) in [6.45, 7) is 7.58. The topological polar surface area (TPSA) is 129 Å². The van der Waals surface area contributed by atoms with Crippen molar-refractivity contribution in [2.45, 2.75) is 37.6 Å². The van der Waals surface area contributed by atoms with Gasteiger partial charge in [-0.15, -0.1) is 0 Å². The minimum atomic E-state index is -0.117. The van der Waals surface area contributed by atoms with Gasteiger partial charge >= 0.3 is 0 Å². The number of thioether (sulfide) groups is 1. The molecule has 0 amide bonds. The van der Waals surface area contributed by atoms with E-state index >= 15 is 0 Å². The van der Waals surface area contributed by atoms with Crippen LogP contribution in [0.15, 0.2) is 30.5 Å². The Morgan fingerprint density at radius 2 is 2.08 bits per heavy atom. The number of pyridine rings is 2. The summed E-state index contributed by atoms with van der Waals surface area (Å²) in [7, 11) is 1.90. The summed E-state index contributed by atoms with van der Waals surface area (Å²) in [5.74, 6) is 1.14. The fourth-order valence-electron chi connectivity index (χ4n) is 4.93. The van der Waals surface area contributed by atoms with Crippen LogP contribution in [0.2, 0.25) is 0 Å². The molecule has 9 nitrogen and oxygen atoms in total. The predicted octanol–water partition coefficient (Wildman–Crippen LogP) is 2.34. The first-order valence-corrected chi connectivity index (χ1v) is 14.5. The van der Waals surface area contributed by atoms with E-state index in [1.165, 1.54) is 37.2 Å². The van der Waals surface area contributed by atoms with Crippen LogP contribution in [0, 0.1) is 16.7 Å². The van der Waals surface area contributed by atoms with Crippen molar-refractivity contribution in [2.24, 2.45) is 5.92 Å². The summed E-state index contributed by atoms with van der Waals surface area (Å²) in [6.07, 6.45) is 11.2. The zero-order valence-corrected chi connectivity index (χ0v) is 22.7. The number of anilines is 1. The summed E-state index contributed by atoms with van der Waals surface area (Å²) in [4.78, 5) is 11.9. The number of hydrogen-bond acceptors (Lipinski definition) is 9. The van der Waals surface area contributed by atoms with Crippen molar-refractivity contribution < 1.29 is 5.32 Å². The molecular weight excluding hydrogens is 482 g/mol. The van der Waals surface area contributed by atoms with Crippen molar-refractivity contribution in [3.05, 3.63) is 36.0 Å². The Kier molecular flexibility index (Phi) is 10.9. The van der Waals surface area contributed by atoms with E-state index in [9.17, 15) is 0 Å². The summed E-state index contributed by atoms with van der Waals surface area (Å²) in [5, 5.41) is 29.5. The molecule has 1 saturated heterocycles. The second kappa shape index (κ2) is 14.5. The molecule has 2 aromatic rings. The molecule has 200 valence electrons. The van der Waals surface area contributed by atoms with Crippen LogP contribution < -0.4 is 21.3 Å². The van der Waals surface area contributed by atoms with Gasteiger partial charge in [0, 0.05) is 68.6 Å². The number of nitrogens with one attached hydrogen (secondary N) is 5. The van der Waals surface area contributed by atoms with Gasteiger partial charge in [0.15, 0.2) is 0 Å². The van der Waals surface area contributed by atoms with E-state index in [2.05, 4.69) is 37.2 Å². The fraction of sp³-hybridized carbons (Fsp3) is 0.556. The Labute approximate surface area is 224 Å². The molecule has 7 N–H and O–H groups in total. The Balaban J connectivity index is 1.32. The van der Waals surface area contributed by atoms with Crippen molar-refractivity contribution in [1.29, 1.82) is 10.8 Å². The SMILES string of the molecule is CNC(Nc1ccc2ncc(/C(C=N)=C/C[NH2+]CCCN3CCNCC3)cc2n1)SC(=N)C1CCCC1. The molecular formula is C27H42N9S+. The van der Waals surface area contributed by atoms with E-state index in [4.69, 9.17) is 15.8 Å². The van der Waals surface area contributed by atoms with Crippen molar-refractivity contribution in [1.82, 2.24) is 25.5 Å². The summed E-state index contributed by atoms with van der Waals surface area (Å²) in [5.41, 5.74) is 3.27. The number of nitrogens with zero attached hydrogens (tertiary/aromatic N) is 3. The molecule has 1 aliphatic heterocycles. The van der Waals surface area contributed by atoms with Gasteiger partial charge < -0.3 is 26.3 Å². The maximum atomic E-state index is 8.47. The van der Waals surface area contributed by atoms with E-state index in [-0.39, 0.29) is 5.50 Å². The lowest BCUT2D eigenvalue weighted by Gasteiger charge is -2.26. The van der Waals surface area contributed by atoms with Gasteiger partial charge in [-0.1, -0.05) is 24.6 Å². The predicted molar refractivity (Wildman–Crippen MR) is 156 cm³/mol. The Hall–Kier alpha value is -2.37. The first kappa shape index (κ1) is 27.7. The van der Waals surface area contributed by atoms with Crippen LogP contribution in [0.3, 0.4) is 0 Å². The van der Waals surface area contributed by atoms with Gasteiger partial charge in [0.2, 0.25) is 0 Å². The van der Waals surface area contributed by atoms with Gasteiger partial charge in [0.1, 0.15) is 11.3 Å². The molecule has 37 heavy (non-hydrogen) atoms. The van der Waals surface area contributed by atoms with Crippen LogP contribution in [-0.2, 0) is 0 Å². The minimum Gasteiger partial charge on any atom is -0.346 e. The average molecular weight is 525 g/mol. The lowest BCUT2D eigenvalue weighted by Crippen LogP contribution is -2.84. The molecule has 2 aliphatic rings. The fourth-order valence-corrected chi connectivity index (χ4v) is 5.91. The number of allylic oxidation sites excluding steroid dienone is 1. The van der Waals surface area contributed by atoms with E-state index < -0.39 is 0 Å². The molecule has 0 aromatic carbocycles. The maximum Gasteiger partial charge on any atom is 0.132 e. The molecule has 1 aliphatic carbocycles. The highest BCUT2D eigenvalue weighted by Crippen LogP contribution is 2.31. The van der Waals surface area contributed by atoms with Crippen molar-refractivity contribution in [3.63, 3.8) is 0 Å². The number of nitrogens with two attached hydrogens (primary N) is 1. The van der Waals surface area contributed by atoms with Gasteiger partial charge in [0.25, 0.3) is 0 Å². The van der Waals surface area contributed by atoms with Gasteiger partial charge in [-0.05, 0) is 44.2 Å². The monoisotopic (exact) mass is 524 g/mol. The smallest absolute Gasteiger partial charge is 0.132 e. The highest BCUT2D eigenvalue weighted by atomic mass is 32.2. The van der Waals surface area contributed by atoms with Gasteiger partial charge in [-0.25, -0.2) is 4.98 Å². The summed E-state index contributed by atoms with van der Waals surface area (Å²) in [6, 6.07) is 5.91. The normalized spacial score (nSPS) is 18.2. The average Bonchev–Trinajstić information content (AvgIpc) is 3.48. The molecule has 1 saturated carbocycles. The Bertz CT molecular complexity index is 1060. The lowest BCUT2D eigenvalue weighted by molar-refractivity contribution is -0.646. The first-order valence-electron chi connectivity index (χ1n) is 13.6. The molecule has 2 aromatic heterocycles. The van der Waals surface area contributed by atoms with Crippen molar-refractivity contribution >= 4 is 45.4 Å². The number of fused-ring (bicyclic) bond motifs is 1. The standard InChI is InChI=1S/C27H41N9S/c1-30-27(37-26(29)20-5-2-3-6-20)35-25-8-7-23-24(34-25)17-22(19-33-23)21(18-28)9-11-31-10-4-14-36-15-12-32-13-16-36/h7-9,17-20,27-32H,2-6,10-16H2,1H3,(H,34,35)/p+1/b21-9+,28-18?,29-26?. The molecule has 0 spiro atoms. The Morgan fingerprint density at radius 3 is 2.84 bits per heavy atom. The van der Waals surface area contributed by atoms with Gasteiger partial charge in [-0.2, -0.15) is 0 Å². The number of quaternary nitrogens is 1. The summed E-state index contributed by atoms with van der Waals surface area (Å²) >= 11 is 1.53. The van der Waals surface area contributed by atoms with Gasteiger partial charge in [-0.3, -0.25) is 15.7 Å². The van der Waals surface area contributed by atoms with Crippen molar-refractivity contribution in [3.8, 4) is 0 Å². The van der Waals surface area contributed by atoms with Crippen molar-refractivity contribution in [2.75, 3.05) is 58.2 Å². The molecule has 10 heteroatoms. The van der Waals surface area contributed by atoms with Crippen LogP contribution in [0.1, 0.15) is 37.7 Å². The molecule has 3 heterocycles. The molecule has 4 rings (SSSR count). The van der Waals surface area contributed by atoms with E-state index in [1.54, 1.807) is 0 Å². The number of rotatable bonds is 13. The molecule has 1 atom stereocenters. The maximum absolute atomic E-state index is 8.47. The lowest BCUT2D eigenvalue weighted by atomic mass is 10.1. The highest BCUT2D eigenvalue weighted by Gasteiger charge is 2.22. The third kappa shape index (κ3) is 8.31. The van der Waals surface area contributed by atoms with E-state index in [0.717, 1.165) is 91.7 Å². The third-order valence-electron chi connectivity index (χ3n) is 7.13. The minimum absolute atomic E-state index is 0.117. The van der Waals surface area contributed by atoms with Crippen LogP contribution >= 0.6 is 11.8 Å². The number of hydrogen-bond donors (Lipinski definition) is 6. The van der Waals surface area contributed by atoms with E-state index in [0.29, 0.717) is 5.92 Å². The number of piperazine rings is 1.